The first-order valence-electron chi connectivity index (χ1n) is 8.80. The van der Waals surface area contributed by atoms with Crippen LogP contribution in [0.1, 0.15) is 44.8 Å². The van der Waals surface area contributed by atoms with E-state index in [4.69, 9.17) is 0 Å². The maximum Gasteiger partial charge on any atom is 0.282 e. The van der Waals surface area contributed by atoms with Crippen LogP contribution in [0.25, 0.3) is 0 Å². The van der Waals surface area contributed by atoms with Gasteiger partial charge in [-0.05, 0) is 59.5 Å². The molecular weight excluding hydrogens is 383 g/mol. The van der Waals surface area contributed by atoms with Crippen LogP contribution < -0.4 is 5.32 Å². The summed E-state index contributed by atoms with van der Waals surface area (Å²) in [5.41, 5.74) is 2.20. The highest BCUT2D eigenvalue weighted by Crippen LogP contribution is 2.34. The summed E-state index contributed by atoms with van der Waals surface area (Å²) in [5, 5.41) is 16.6. The van der Waals surface area contributed by atoms with Gasteiger partial charge in [0.2, 0.25) is 5.01 Å². The van der Waals surface area contributed by atoms with E-state index in [0.29, 0.717) is 24.1 Å². The lowest BCUT2D eigenvalue weighted by atomic mass is 10.1. The molecule has 2 aromatic heterocycles. The molecule has 27 heavy (non-hydrogen) atoms. The van der Waals surface area contributed by atoms with Gasteiger partial charge in [0.05, 0.1) is 6.54 Å². The summed E-state index contributed by atoms with van der Waals surface area (Å²) < 4.78 is 12.9. The topological polar surface area (TPSA) is 58.1 Å². The van der Waals surface area contributed by atoms with E-state index in [1.165, 1.54) is 35.5 Å². The van der Waals surface area contributed by atoms with Gasteiger partial charge >= 0.3 is 0 Å². The number of amides is 1. The number of carbonyl (C=O) groups is 1. The Morgan fingerprint density at radius 1 is 1.26 bits per heavy atom. The van der Waals surface area contributed by atoms with Crippen molar-refractivity contribution in [3.63, 3.8) is 0 Å². The highest BCUT2D eigenvalue weighted by molar-refractivity contribution is 7.13. The molecule has 140 valence electrons. The average molecular weight is 403 g/mol. The molecule has 1 N–H and O–H groups in total. The van der Waals surface area contributed by atoms with Crippen molar-refractivity contribution in [3.8, 4) is 0 Å². The first-order chi connectivity index (χ1) is 13.2. The van der Waals surface area contributed by atoms with Crippen LogP contribution in [-0.4, -0.2) is 27.5 Å². The lowest BCUT2D eigenvalue weighted by Crippen LogP contribution is -2.22. The van der Waals surface area contributed by atoms with Crippen molar-refractivity contribution in [2.75, 3.05) is 6.54 Å². The van der Waals surface area contributed by atoms with Crippen LogP contribution in [0.4, 0.5) is 4.39 Å². The summed E-state index contributed by atoms with van der Waals surface area (Å²) in [6, 6.07) is 8.67. The van der Waals surface area contributed by atoms with E-state index in [2.05, 4.69) is 37.2 Å². The summed E-state index contributed by atoms with van der Waals surface area (Å²) in [4.78, 5) is 14.7. The first kappa shape index (κ1) is 18.2. The number of benzene rings is 1. The van der Waals surface area contributed by atoms with E-state index < -0.39 is 0 Å². The molecule has 0 saturated carbocycles. The molecule has 0 aliphatic carbocycles. The number of likely N-dealkylation sites (tertiary alicyclic amines) is 1. The molecule has 0 unspecified atom stereocenters. The Bertz CT molecular complexity index is 895. The Balaban J connectivity index is 1.35. The Morgan fingerprint density at radius 2 is 2.11 bits per heavy atom. The molecule has 1 saturated heterocycles. The van der Waals surface area contributed by atoms with Gasteiger partial charge in [0, 0.05) is 12.6 Å². The lowest BCUT2D eigenvalue weighted by molar-refractivity contribution is 0.0950. The molecule has 1 fully saturated rings. The van der Waals surface area contributed by atoms with Gasteiger partial charge < -0.3 is 5.32 Å². The molecule has 3 aromatic rings. The Hall–Kier alpha value is -2.16. The quantitative estimate of drug-likeness (QED) is 0.677. The van der Waals surface area contributed by atoms with Gasteiger partial charge in [0.25, 0.3) is 5.91 Å². The minimum absolute atomic E-state index is 0.251. The molecule has 1 aromatic carbocycles. The number of hydrogen-bond donors (Lipinski definition) is 1. The van der Waals surface area contributed by atoms with E-state index in [1.54, 1.807) is 23.5 Å². The number of rotatable bonds is 6. The molecule has 4 rings (SSSR count). The molecule has 0 bridgehead atoms. The molecule has 1 aliphatic rings. The monoisotopic (exact) mass is 402 g/mol. The second kappa shape index (κ2) is 8.24. The predicted octanol–water partition coefficient (Wildman–Crippen LogP) is 4.01. The zero-order valence-electron chi connectivity index (χ0n) is 14.6. The second-order valence-corrected chi connectivity index (χ2v) is 8.34. The predicted molar refractivity (Wildman–Crippen MR) is 104 cm³/mol. The maximum atomic E-state index is 12.9. The standard InChI is InChI=1S/C19H19FN4OS2/c20-15-5-3-13(4-6-15)10-21-18(25)19-23-22-17(27-19)11-24-8-1-2-16(24)14-7-9-26-12-14/h3-7,9,12,16H,1-2,8,10-11H2,(H,21,25)/t16-/m0/s1. The molecule has 3 heterocycles. The van der Waals surface area contributed by atoms with Crippen LogP contribution in [0.5, 0.6) is 0 Å². The Kier molecular flexibility index (Phi) is 5.56. The largest absolute Gasteiger partial charge is 0.346 e. The van der Waals surface area contributed by atoms with Gasteiger partial charge in [-0.1, -0.05) is 23.5 Å². The fourth-order valence-corrected chi connectivity index (χ4v) is 4.79. The zero-order chi connectivity index (χ0) is 18.6. The number of aromatic nitrogens is 2. The van der Waals surface area contributed by atoms with Crippen molar-refractivity contribution >= 4 is 28.6 Å². The Morgan fingerprint density at radius 3 is 2.89 bits per heavy atom. The maximum absolute atomic E-state index is 12.9. The normalized spacial score (nSPS) is 17.3. The average Bonchev–Trinajstić information content (AvgIpc) is 3.43. The van der Waals surface area contributed by atoms with Crippen LogP contribution in [0.15, 0.2) is 41.1 Å². The van der Waals surface area contributed by atoms with Gasteiger partial charge in [-0.3, -0.25) is 9.69 Å². The van der Waals surface area contributed by atoms with Crippen molar-refractivity contribution in [1.82, 2.24) is 20.4 Å². The SMILES string of the molecule is O=C(NCc1ccc(F)cc1)c1nnc(CN2CCC[C@H]2c2ccsc2)s1. The van der Waals surface area contributed by atoms with Crippen molar-refractivity contribution in [1.29, 1.82) is 0 Å². The van der Waals surface area contributed by atoms with Crippen molar-refractivity contribution < 1.29 is 9.18 Å². The molecular formula is C19H19FN4OS2. The van der Waals surface area contributed by atoms with Gasteiger partial charge in [-0.25, -0.2) is 4.39 Å². The fraction of sp³-hybridized carbons (Fsp3) is 0.316. The van der Waals surface area contributed by atoms with Crippen LogP contribution >= 0.6 is 22.7 Å². The fourth-order valence-electron chi connectivity index (χ4n) is 3.30. The van der Waals surface area contributed by atoms with Crippen LogP contribution in [-0.2, 0) is 13.1 Å². The highest BCUT2D eigenvalue weighted by Gasteiger charge is 2.27. The zero-order valence-corrected chi connectivity index (χ0v) is 16.2. The highest BCUT2D eigenvalue weighted by atomic mass is 32.1. The lowest BCUT2D eigenvalue weighted by Gasteiger charge is -2.22. The number of nitrogens with one attached hydrogen (secondary N) is 1. The summed E-state index contributed by atoms with van der Waals surface area (Å²) in [5.74, 6) is -0.541. The third kappa shape index (κ3) is 4.40. The summed E-state index contributed by atoms with van der Waals surface area (Å²) in [7, 11) is 0. The van der Waals surface area contributed by atoms with E-state index >= 15 is 0 Å². The van der Waals surface area contributed by atoms with E-state index in [0.717, 1.165) is 23.5 Å². The molecule has 0 spiro atoms. The summed E-state index contributed by atoms with van der Waals surface area (Å²) >= 11 is 3.05. The van der Waals surface area contributed by atoms with E-state index in [-0.39, 0.29) is 11.7 Å². The van der Waals surface area contributed by atoms with Gasteiger partial charge in [0.15, 0.2) is 0 Å². The molecule has 1 aliphatic heterocycles. The van der Waals surface area contributed by atoms with Crippen molar-refractivity contribution in [2.24, 2.45) is 0 Å². The molecule has 5 nitrogen and oxygen atoms in total. The number of hydrogen-bond acceptors (Lipinski definition) is 6. The van der Waals surface area contributed by atoms with Gasteiger partial charge in [-0.15, -0.1) is 10.2 Å². The number of halogens is 1. The Labute approximate surface area is 164 Å². The van der Waals surface area contributed by atoms with Crippen LogP contribution in [0, 0.1) is 5.82 Å². The molecule has 1 atom stereocenters. The van der Waals surface area contributed by atoms with E-state index in [1.807, 2.05) is 0 Å². The minimum atomic E-state index is -0.290. The minimum Gasteiger partial charge on any atom is -0.346 e. The van der Waals surface area contributed by atoms with E-state index in [9.17, 15) is 9.18 Å². The number of thiophene rings is 1. The van der Waals surface area contributed by atoms with Crippen LogP contribution in [0.3, 0.4) is 0 Å². The molecule has 8 heteroatoms. The van der Waals surface area contributed by atoms with Crippen LogP contribution in [0.2, 0.25) is 0 Å². The van der Waals surface area contributed by atoms with Gasteiger partial charge in [-0.2, -0.15) is 11.3 Å². The summed E-state index contributed by atoms with van der Waals surface area (Å²) in [6.45, 7) is 2.08. The molecule has 0 radical (unpaired) electrons. The third-order valence-electron chi connectivity index (χ3n) is 4.66. The van der Waals surface area contributed by atoms with Crippen molar-refractivity contribution in [3.05, 3.63) is 68.1 Å². The third-order valence-corrected chi connectivity index (χ3v) is 6.27. The number of carbonyl (C=O) groups excluding carboxylic acids is 1. The van der Waals surface area contributed by atoms with Gasteiger partial charge in [0.1, 0.15) is 10.8 Å². The molecule has 1 amide bonds. The first-order valence-corrected chi connectivity index (χ1v) is 10.6. The smallest absolute Gasteiger partial charge is 0.282 e. The summed E-state index contributed by atoms with van der Waals surface area (Å²) in [6.07, 6.45) is 2.32. The van der Waals surface area contributed by atoms with Crippen molar-refractivity contribution in [2.45, 2.75) is 32.0 Å². The number of nitrogens with zero attached hydrogens (tertiary/aromatic N) is 3. The second-order valence-electron chi connectivity index (χ2n) is 6.50.